The van der Waals surface area contributed by atoms with Gasteiger partial charge in [-0.15, -0.1) is 0 Å². The molecule has 1 fully saturated rings. The van der Waals surface area contributed by atoms with Gasteiger partial charge in [-0.3, -0.25) is 4.79 Å². The van der Waals surface area contributed by atoms with E-state index >= 15 is 0 Å². The van der Waals surface area contributed by atoms with E-state index in [1.165, 1.54) is 0 Å². The van der Waals surface area contributed by atoms with Gasteiger partial charge in [-0.05, 0) is 43.5 Å². The van der Waals surface area contributed by atoms with Gasteiger partial charge in [0.25, 0.3) is 0 Å². The van der Waals surface area contributed by atoms with Crippen LogP contribution in [0.3, 0.4) is 0 Å². The van der Waals surface area contributed by atoms with E-state index in [1.54, 1.807) is 7.11 Å². The quantitative estimate of drug-likeness (QED) is 0.893. The van der Waals surface area contributed by atoms with E-state index in [1.807, 2.05) is 24.3 Å². The van der Waals surface area contributed by atoms with E-state index in [4.69, 9.17) is 9.84 Å². The molecule has 0 radical (unpaired) electrons. The van der Waals surface area contributed by atoms with Crippen molar-refractivity contribution in [3.8, 4) is 5.75 Å². The van der Waals surface area contributed by atoms with Gasteiger partial charge in [-0.2, -0.15) is 0 Å². The number of hydrogen-bond acceptors (Lipinski definition) is 3. The molecule has 4 heteroatoms. The SMILES string of the molecule is COc1ccc(N2CCCC(C(=O)O)CC2)cc1. The van der Waals surface area contributed by atoms with Gasteiger partial charge in [0.15, 0.2) is 0 Å². The molecule has 0 saturated carbocycles. The monoisotopic (exact) mass is 249 g/mol. The minimum Gasteiger partial charge on any atom is -0.497 e. The summed E-state index contributed by atoms with van der Waals surface area (Å²) in [5.74, 6) is -0.00295. The zero-order valence-corrected chi connectivity index (χ0v) is 10.6. The van der Waals surface area contributed by atoms with Crippen molar-refractivity contribution in [1.29, 1.82) is 0 Å². The van der Waals surface area contributed by atoms with Gasteiger partial charge in [0.1, 0.15) is 5.75 Å². The van der Waals surface area contributed by atoms with Crippen LogP contribution in [0.25, 0.3) is 0 Å². The third-order valence-electron chi connectivity index (χ3n) is 3.51. The van der Waals surface area contributed by atoms with Crippen molar-refractivity contribution in [3.63, 3.8) is 0 Å². The maximum Gasteiger partial charge on any atom is 0.306 e. The summed E-state index contributed by atoms with van der Waals surface area (Å²) in [6.07, 6.45) is 2.44. The van der Waals surface area contributed by atoms with Gasteiger partial charge in [-0.1, -0.05) is 0 Å². The highest BCUT2D eigenvalue weighted by molar-refractivity contribution is 5.70. The molecule has 1 atom stereocenters. The number of carbonyl (C=O) groups is 1. The lowest BCUT2D eigenvalue weighted by molar-refractivity contribution is -0.142. The number of methoxy groups -OCH3 is 1. The first-order chi connectivity index (χ1) is 8.70. The van der Waals surface area contributed by atoms with E-state index in [-0.39, 0.29) is 5.92 Å². The highest BCUT2D eigenvalue weighted by Gasteiger charge is 2.22. The van der Waals surface area contributed by atoms with Gasteiger partial charge in [-0.25, -0.2) is 0 Å². The van der Waals surface area contributed by atoms with Crippen LogP contribution in [0.4, 0.5) is 5.69 Å². The number of aliphatic carboxylic acids is 1. The predicted octanol–water partition coefficient (Wildman–Crippen LogP) is 2.39. The lowest BCUT2D eigenvalue weighted by Gasteiger charge is -2.22. The highest BCUT2D eigenvalue weighted by Crippen LogP contribution is 2.24. The first-order valence-electron chi connectivity index (χ1n) is 6.32. The van der Waals surface area contributed by atoms with E-state index < -0.39 is 5.97 Å². The molecule has 1 aromatic carbocycles. The fraction of sp³-hybridized carbons (Fsp3) is 0.500. The minimum atomic E-state index is -0.661. The zero-order valence-electron chi connectivity index (χ0n) is 10.6. The number of ether oxygens (including phenoxy) is 1. The van der Waals surface area contributed by atoms with Gasteiger partial charge < -0.3 is 14.7 Å². The van der Waals surface area contributed by atoms with Crippen LogP contribution in [0.15, 0.2) is 24.3 Å². The summed E-state index contributed by atoms with van der Waals surface area (Å²) in [4.78, 5) is 13.3. The number of hydrogen-bond donors (Lipinski definition) is 1. The molecule has 4 nitrogen and oxygen atoms in total. The number of nitrogens with zero attached hydrogens (tertiary/aromatic N) is 1. The van der Waals surface area contributed by atoms with Gasteiger partial charge in [0.2, 0.25) is 0 Å². The summed E-state index contributed by atoms with van der Waals surface area (Å²) in [6.45, 7) is 1.74. The second kappa shape index (κ2) is 5.76. The Morgan fingerprint density at radius 1 is 1.28 bits per heavy atom. The molecule has 1 aliphatic heterocycles. The number of anilines is 1. The zero-order chi connectivity index (χ0) is 13.0. The summed E-state index contributed by atoms with van der Waals surface area (Å²) in [7, 11) is 1.65. The minimum absolute atomic E-state index is 0.187. The van der Waals surface area contributed by atoms with Gasteiger partial charge in [0.05, 0.1) is 13.0 Å². The second-order valence-electron chi connectivity index (χ2n) is 4.65. The van der Waals surface area contributed by atoms with Crippen molar-refractivity contribution >= 4 is 11.7 Å². The third kappa shape index (κ3) is 2.94. The molecule has 0 amide bonds. The summed E-state index contributed by atoms with van der Waals surface area (Å²) in [5.41, 5.74) is 1.14. The summed E-state index contributed by atoms with van der Waals surface area (Å²) >= 11 is 0. The molecule has 1 aromatic rings. The Morgan fingerprint density at radius 2 is 2.00 bits per heavy atom. The number of carboxylic acids is 1. The molecule has 18 heavy (non-hydrogen) atoms. The molecule has 1 heterocycles. The van der Waals surface area contributed by atoms with E-state index in [2.05, 4.69) is 4.90 Å². The van der Waals surface area contributed by atoms with Crippen LogP contribution in [0.5, 0.6) is 5.75 Å². The number of rotatable bonds is 3. The summed E-state index contributed by atoms with van der Waals surface area (Å²) < 4.78 is 5.13. The van der Waals surface area contributed by atoms with Crippen molar-refractivity contribution in [1.82, 2.24) is 0 Å². The van der Waals surface area contributed by atoms with Gasteiger partial charge >= 0.3 is 5.97 Å². The molecule has 1 unspecified atom stereocenters. The fourth-order valence-corrected chi connectivity index (χ4v) is 2.39. The Morgan fingerprint density at radius 3 is 2.61 bits per heavy atom. The highest BCUT2D eigenvalue weighted by atomic mass is 16.5. The molecule has 0 aromatic heterocycles. The van der Waals surface area contributed by atoms with Crippen molar-refractivity contribution < 1.29 is 14.6 Å². The van der Waals surface area contributed by atoms with Crippen molar-refractivity contribution in [2.24, 2.45) is 5.92 Å². The van der Waals surface area contributed by atoms with Crippen molar-refractivity contribution in [2.45, 2.75) is 19.3 Å². The number of carboxylic acid groups (broad SMARTS) is 1. The lowest BCUT2D eigenvalue weighted by atomic mass is 10.0. The first kappa shape index (κ1) is 12.7. The van der Waals surface area contributed by atoms with E-state index in [0.29, 0.717) is 0 Å². The fourth-order valence-electron chi connectivity index (χ4n) is 2.39. The van der Waals surface area contributed by atoms with Gasteiger partial charge in [0, 0.05) is 18.8 Å². The molecule has 0 aliphatic carbocycles. The standard InChI is InChI=1S/C14H19NO3/c1-18-13-6-4-12(5-7-13)15-9-2-3-11(8-10-15)14(16)17/h4-7,11H,2-3,8-10H2,1H3,(H,16,17). The molecule has 1 N–H and O–H groups in total. The maximum atomic E-state index is 11.0. The predicted molar refractivity (Wildman–Crippen MR) is 70.2 cm³/mol. The van der Waals surface area contributed by atoms with Crippen LogP contribution in [0.1, 0.15) is 19.3 Å². The Kier molecular flexibility index (Phi) is 4.07. The Labute approximate surface area is 107 Å². The Bertz CT molecular complexity index is 402. The molecule has 1 aliphatic rings. The Hall–Kier alpha value is -1.71. The summed E-state index contributed by atoms with van der Waals surface area (Å²) in [5, 5.41) is 9.05. The van der Waals surface area contributed by atoms with Crippen LogP contribution in [-0.2, 0) is 4.79 Å². The summed E-state index contributed by atoms with van der Waals surface area (Å²) in [6, 6.07) is 7.93. The van der Waals surface area contributed by atoms with E-state index in [0.717, 1.165) is 43.8 Å². The van der Waals surface area contributed by atoms with E-state index in [9.17, 15) is 4.79 Å². The van der Waals surface area contributed by atoms with Crippen LogP contribution >= 0.6 is 0 Å². The third-order valence-corrected chi connectivity index (χ3v) is 3.51. The molecular formula is C14H19NO3. The van der Waals surface area contributed by atoms with Crippen LogP contribution in [-0.4, -0.2) is 31.3 Å². The van der Waals surface area contributed by atoms with Crippen molar-refractivity contribution in [3.05, 3.63) is 24.3 Å². The molecule has 0 spiro atoms. The van der Waals surface area contributed by atoms with Crippen LogP contribution in [0.2, 0.25) is 0 Å². The lowest BCUT2D eigenvalue weighted by Crippen LogP contribution is -2.24. The second-order valence-corrected chi connectivity index (χ2v) is 4.65. The molecule has 0 bridgehead atoms. The smallest absolute Gasteiger partial charge is 0.306 e. The molecule has 1 saturated heterocycles. The molecule has 98 valence electrons. The Balaban J connectivity index is 2.02. The van der Waals surface area contributed by atoms with Crippen LogP contribution < -0.4 is 9.64 Å². The largest absolute Gasteiger partial charge is 0.497 e. The van der Waals surface area contributed by atoms with Crippen LogP contribution in [0, 0.1) is 5.92 Å². The topological polar surface area (TPSA) is 49.8 Å². The molecule has 2 rings (SSSR count). The maximum absolute atomic E-state index is 11.0. The first-order valence-corrected chi connectivity index (χ1v) is 6.32. The average molecular weight is 249 g/mol. The number of benzene rings is 1. The normalized spacial score (nSPS) is 20.3. The van der Waals surface area contributed by atoms with Crippen molar-refractivity contribution in [2.75, 3.05) is 25.1 Å². The average Bonchev–Trinajstić information content (AvgIpc) is 2.64. The molecular weight excluding hydrogens is 230 g/mol.